The first-order valence-electron chi connectivity index (χ1n) is 25.6. The van der Waals surface area contributed by atoms with Gasteiger partial charge in [0.15, 0.2) is 11.4 Å². The monoisotopic (exact) mass is 1010 g/mol. The SMILES string of the molecule is C/C1=C/C=C/C(C)[C@H](O)CC(O)[C@@H](C)[C@H](OC(=O)CC(=O)N2CCCN(Cc3ccc(F)cc3)CC2)CC/C=C/O[C@H]2Oc3c(C)c(O)c4c(O)c(c5c(c4c3C2=O)=NC2(CCN(CC(C)C)CC2)N=5)NC1=O. The summed E-state index contributed by atoms with van der Waals surface area (Å²) in [6.07, 6.45) is 4.71. The number of amides is 2. The predicted molar refractivity (Wildman–Crippen MR) is 270 cm³/mol. The number of phenols is 2. The van der Waals surface area contributed by atoms with Crippen LogP contribution in [0.1, 0.15) is 101 Å². The van der Waals surface area contributed by atoms with Gasteiger partial charge in [-0.05, 0) is 62.8 Å². The second kappa shape index (κ2) is 22.5. The van der Waals surface area contributed by atoms with Gasteiger partial charge in [-0.2, -0.15) is 0 Å². The summed E-state index contributed by atoms with van der Waals surface area (Å²) in [5, 5.41) is 49.9. The maximum Gasteiger partial charge on any atom is 0.315 e. The highest BCUT2D eigenvalue weighted by Crippen LogP contribution is 2.48. The second-order valence-electron chi connectivity index (χ2n) is 20.8. The molecule has 9 rings (SSSR count). The summed E-state index contributed by atoms with van der Waals surface area (Å²) in [6, 6.07) is 6.32. The van der Waals surface area contributed by atoms with Gasteiger partial charge in [0, 0.05) is 100.0 Å². The number of halogens is 1. The van der Waals surface area contributed by atoms with Gasteiger partial charge in [0.1, 0.15) is 40.9 Å². The molecule has 73 heavy (non-hydrogen) atoms. The van der Waals surface area contributed by atoms with Crippen molar-refractivity contribution in [3.8, 4) is 17.2 Å². The van der Waals surface area contributed by atoms with E-state index in [1.807, 2.05) is 0 Å². The third-order valence-electron chi connectivity index (χ3n) is 14.8. The van der Waals surface area contributed by atoms with E-state index in [0.717, 1.165) is 18.7 Å². The number of anilines is 1. The van der Waals surface area contributed by atoms with Gasteiger partial charge in [-0.15, -0.1) is 0 Å². The van der Waals surface area contributed by atoms with Crippen molar-refractivity contribution in [3.05, 3.63) is 93.6 Å². The van der Waals surface area contributed by atoms with E-state index in [2.05, 4.69) is 29.0 Å². The Balaban J connectivity index is 1.05. The Hall–Kier alpha value is -6.21. The zero-order valence-corrected chi connectivity index (χ0v) is 42.6. The van der Waals surface area contributed by atoms with Gasteiger partial charge in [0.05, 0.1) is 34.8 Å². The van der Waals surface area contributed by atoms with Crippen LogP contribution < -0.4 is 20.8 Å². The quantitative estimate of drug-likeness (QED) is 0.112. The van der Waals surface area contributed by atoms with Crippen molar-refractivity contribution in [1.29, 1.82) is 0 Å². The van der Waals surface area contributed by atoms with Crippen molar-refractivity contribution in [2.24, 2.45) is 27.7 Å². The number of nitrogens with one attached hydrogen (secondary N) is 1. The number of hydrogen-bond acceptors (Lipinski definition) is 15. The summed E-state index contributed by atoms with van der Waals surface area (Å²) in [7, 11) is 0. The number of hydrogen-bond donors (Lipinski definition) is 5. The predicted octanol–water partition coefficient (Wildman–Crippen LogP) is 5.49. The summed E-state index contributed by atoms with van der Waals surface area (Å²) in [5.41, 5.74) is 0.361. The van der Waals surface area contributed by atoms with Crippen molar-refractivity contribution in [2.45, 2.75) is 123 Å². The van der Waals surface area contributed by atoms with Crippen LogP contribution >= 0.6 is 0 Å². The Labute approximate surface area is 424 Å². The van der Waals surface area contributed by atoms with Gasteiger partial charge >= 0.3 is 12.3 Å². The van der Waals surface area contributed by atoms with E-state index >= 15 is 0 Å². The Morgan fingerprint density at radius 2 is 1.66 bits per heavy atom. The van der Waals surface area contributed by atoms with E-state index in [1.54, 1.807) is 69.0 Å². The second-order valence-corrected chi connectivity index (χ2v) is 20.8. The summed E-state index contributed by atoms with van der Waals surface area (Å²) in [4.78, 5) is 71.9. The number of benzene rings is 3. The third kappa shape index (κ3) is 11.8. The van der Waals surface area contributed by atoms with Gasteiger partial charge in [0.2, 0.25) is 11.7 Å². The van der Waals surface area contributed by atoms with Crippen LogP contribution in [-0.4, -0.2) is 135 Å². The fourth-order valence-electron chi connectivity index (χ4n) is 10.4. The van der Waals surface area contributed by atoms with Crippen LogP contribution in [0.2, 0.25) is 0 Å². The Kier molecular flexibility index (Phi) is 16.4. The number of aliphatic hydroxyl groups excluding tert-OH is 2. The van der Waals surface area contributed by atoms with Crippen molar-refractivity contribution >= 4 is 40.0 Å². The summed E-state index contributed by atoms with van der Waals surface area (Å²) < 4.78 is 31.5. The van der Waals surface area contributed by atoms with E-state index in [9.17, 15) is 44.0 Å². The fraction of sp³-hybridized carbons (Fsp3) is 0.527. The number of Topliss-reactive ketones (excluding diaryl/α,β-unsaturated/α-hetero) is 1. The van der Waals surface area contributed by atoms with E-state index in [1.165, 1.54) is 18.4 Å². The molecule has 0 saturated carbocycles. The Bertz CT molecular complexity index is 2820. The highest BCUT2D eigenvalue weighted by Gasteiger charge is 2.43. The van der Waals surface area contributed by atoms with Crippen LogP contribution in [0.25, 0.3) is 10.8 Å². The van der Waals surface area contributed by atoms with Gasteiger partial charge in [-0.1, -0.05) is 58.1 Å². The minimum atomic E-state index is -1.50. The molecule has 2 amide bonds. The lowest BCUT2D eigenvalue weighted by Gasteiger charge is -2.36. The number of ether oxygens (including phenoxy) is 3. The number of ketones is 1. The lowest BCUT2D eigenvalue weighted by molar-refractivity contribution is -0.158. The number of piperidine rings is 1. The van der Waals surface area contributed by atoms with Crippen LogP contribution in [0.3, 0.4) is 0 Å². The molecule has 5 bridgehead atoms. The molecule has 2 fully saturated rings. The molecule has 3 aromatic carbocycles. The van der Waals surface area contributed by atoms with E-state index in [0.29, 0.717) is 64.4 Å². The number of nitrogens with zero attached hydrogens (tertiary/aromatic N) is 5. The molecule has 6 heterocycles. The first kappa shape index (κ1) is 53.1. The molecule has 6 atom stereocenters. The number of carbonyl (C=O) groups is 4. The molecule has 6 aliphatic rings. The number of aliphatic hydroxyl groups is 2. The summed E-state index contributed by atoms with van der Waals surface area (Å²) in [6.45, 7) is 15.9. The van der Waals surface area contributed by atoms with Crippen LogP contribution in [-0.2, 0) is 30.4 Å². The van der Waals surface area contributed by atoms with Gasteiger partial charge in [-0.25, -0.2) is 4.39 Å². The molecule has 6 aliphatic heterocycles. The molecule has 2 unspecified atom stereocenters. The van der Waals surface area contributed by atoms with Gasteiger partial charge in [-0.3, -0.25) is 34.1 Å². The number of carbonyl (C=O) groups excluding carboxylic acids is 4. The Morgan fingerprint density at radius 1 is 0.932 bits per heavy atom. The van der Waals surface area contributed by atoms with Gasteiger partial charge < -0.3 is 49.8 Å². The molecule has 392 valence electrons. The molecular formula is C55H69FN6O11. The average molecular weight is 1010 g/mol. The molecule has 17 nitrogen and oxygen atoms in total. The smallest absolute Gasteiger partial charge is 0.315 e. The molecule has 2 saturated heterocycles. The normalized spacial score (nSPS) is 26.8. The number of likely N-dealkylation sites (tertiary alicyclic amines) is 1. The van der Waals surface area contributed by atoms with E-state index in [4.69, 9.17) is 24.2 Å². The van der Waals surface area contributed by atoms with Crippen LogP contribution in [0.4, 0.5) is 10.1 Å². The summed E-state index contributed by atoms with van der Waals surface area (Å²) in [5.74, 6) is -4.21. The van der Waals surface area contributed by atoms with Crippen molar-refractivity contribution in [3.63, 3.8) is 0 Å². The van der Waals surface area contributed by atoms with Crippen molar-refractivity contribution in [1.82, 2.24) is 14.7 Å². The first-order chi connectivity index (χ1) is 34.8. The highest BCUT2D eigenvalue weighted by atomic mass is 19.1. The number of aromatic hydroxyl groups is 2. The summed E-state index contributed by atoms with van der Waals surface area (Å²) >= 11 is 0. The molecule has 1 spiro atoms. The number of allylic oxidation sites excluding steroid dienone is 3. The van der Waals surface area contributed by atoms with E-state index in [-0.39, 0.29) is 86.4 Å². The molecule has 0 aliphatic carbocycles. The molecule has 0 radical (unpaired) electrons. The minimum absolute atomic E-state index is 0.0418. The van der Waals surface area contributed by atoms with Crippen LogP contribution in [0.15, 0.2) is 70.4 Å². The minimum Gasteiger partial charge on any atom is -0.507 e. The fourth-order valence-corrected chi connectivity index (χ4v) is 10.4. The van der Waals surface area contributed by atoms with Crippen molar-refractivity contribution < 1.29 is 58.2 Å². The lowest BCUT2D eigenvalue weighted by Crippen LogP contribution is -2.43. The lowest BCUT2D eigenvalue weighted by atomic mass is 9.88. The van der Waals surface area contributed by atoms with Gasteiger partial charge in [0.25, 0.3) is 5.91 Å². The zero-order valence-electron chi connectivity index (χ0n) is 42.6. The maximum absolute atomic E-state index is 14.5. The highest BCUT2D eigenvalue weighted by molar-refractivity contribution is 6.18. The number of rotatable bonds is 7. The largest absolute Gasteiger partial charge is 0.507 e. The molecule has 0 aromatic heterocycles. The average Bonchev–Trinajstić information content (AvgIpc) is 3.78. The zero-order chi connectivity index (χ0) is 52.3. The molecule has 3 aromatic rings. The molecule has 18 heteroatoms. The van der Waals surface area contributed by atoms with Crippen LogP contribution in [0.5, 0.6) is 17.2 Å². The number of esters is 1. The first-order valence-corrected chi connectivity index (χ1v) is 25.6. The Morgan fingerprint density at radius 3 is 2.38 bits per heavy atom. The molecule has 5 N–H and O–H groups in total. The number of fused-ring (bicyclic) bond motifs is 13. The van der Waals surface area contributed by atoms with Crippen molar-refractivity contribution in [2.75, 3.05) is 51.1 Å². The van der Waals surface area contributed by atoms with Crippen LogP contribution in [0, 0.1) is 30.5 Å². The topological polar surface area (TPSA) is 223 Å². The maximum atomic E-state index is 14.5. The third-order valence-corrected chi connectivity index (χ3v) is 14.8. The molecular weight excluding hydrogens is 940 g/mol. The number of phenolic OH excluding ortho intramolecular Hbond substituents is 2. The van der Waals surface area contributed by atoms with E-state index < -0.39 is 71.9 Å². The standard InChI is InChI=1S/C55H69FN6O11/c1-31(2)29-61-22-18-55(19-23-61)58-46-43-44-49(67)35(6)52-45(43)51(69)54(73-52)71-26-8-7-13-40(72-42(66)28-41(65)62-21-10-20-60(24-25-62)30-36-14-16-37(56)17-15-36)34(5)39(64)27-38(63)32(3)11-9-12-33(4)53(70)57-48(50(44)68)47(46)59-55/h8-9,11-12,14-17,26,31-32,34,38-40,54,63-64,67-68H,7,10,13,18-25,27-30H2,1-6H3,(H,57,70)/b11-9+,26-8+,33-12-/t32?,34-,38-,39?,40-,54+/m1/s1.